The molecule has 1 aliphatic rings. The van der Waals surface area contributed by atoms with Crippen LogP contribution in [0, 0.1) is 0 Å². The summed E-state index contributed by atoms with van der Waals surface area (Å²) in [7, 11) is 4.22. The summed E-state index contributed by atoms with van der Waals surface area (Å²) in [6.45, 7) is 2.60. The van der Waals surface area contributed by atoms with Crippen LogP contribution in [0.4, 0.5) is 0 Å². The Hall–Kier alpha value is -0.845. The van der Waals surface area contributed by atoms with Crippen molar-refractivity contribution in [2.75, 3.05) is 33.2 Å². The molecule has 1 aliphatic heterocycles. The van der Waals surface area contributed by atoms with Gasteiger partial charge in [-0.3, -0.25) is 0 Å². The number of rotatable bonds is 2. The van der Waals surface area contributed by atoms with E-state index < -0.39 is 10.0 Å². The predicted octanol–water partition coefficient (Wildman–Crippen LogP) is -0.583. The molecule has 1 saturated heterocycles. The molecule has 6 heteroatoms. The standard InChI is InChI=1S/C11H15BN2O2S/c1-13-5-7-14(8-6-13)17(15,16)11-4-2-3-10(12)9-11/h2-4,9H,5-8H2,1H3. The van der Waals surface area contributed by atoms with Crippen LogP contribution >= 0.6 is 0 Å². The zero-order valence-electron chi connectivity index (χ0n) is 9.83. The molecule has 0 amide bonds. The summed E-state index contributed by atoms with van der Waals surface area (Å²) in [6, 6.07) is 6.44. The minimum atomic E-state index is -3.38. The van der Waals surface area contributed by atoms with Gasteiger partial charge < -0.3 is 4.90 Å². The van der Waals surface area contributed by atoms with Crippen LogP contribution in [0.5, 0.6) is 0 Å². The summed E-state index contributed by atoms with van der Waals surface area (Å²) in [5.74, 6) is 0. The average molecular weight is 250 g/mol. The van der Waals surface area contributed by atoms with Crippen molar-refractivity contribution in [1.29, 1.82) is 0 Å². The van der Waals surface area contributed by atoms with Gasteiger partial charge in [0.05, 0.1) is 4.90 Å². The smallest absolute Gasteiger partial charge is 0.243 e. The Labute approximate surface area is 104 Å². The maximum atomic E-state index is 12.3. The molecule has 0 atom stereocenters. The molecule has 0 aromatic heterocycles. The van der Waals surface area contributed by atoms with Gasteiger partial charge >= 0.3 is 0 Å². The summed E-state index contributed by atoms with van der Waals surface area (Å²) in [4.78, 5) is 2.40. The Balaban J connectivity index is 2.25. The summed E-state index contributed by atoms with van der Waals surface area (Å²) in [5.41, 5.74) is 0.472. The number of nitrogens with zero attached hydrogens (tertiary/aromatic N) is 2. The van der Waals surface area contributed by atoms with Crippen LogP contribution in [0.3, 0.4) is 0 Å². The van der Waals surface area contributed by atoms with E-state index in [0.29, 0.717) is 18.6 Å². The van der Waals surface area contributed by atoms with Gasteiger partial charge in [-0.05, 0) is 19.2 Å². The van der Waals surface area contributed by atoms with Gasteiger partial charge in [-0.15, -0.1) is 0 Å². The number of hydrogen-bond donors (Lipinski definition) is 0. The molecule has 0 spiro atoms. The van der Waals surface area contributed by atoms with Gasteiger partial charge in [-0.25, -0.2) is 8.42 Å². The lowest BCUT2D eigenvalue weighted by Crippen LogP contribution is -2.47. The van der Waals surface area contributed by atoms with E-state index in [2.05, 4.69) is 4.90 Å². The first-order valence-corrected chi connectivity index (χ1v) is 6.98. The van der Waals surface area contributed by atoms with Crippen molar-refractivity contribution in [1.82, 2.24) is 9.21 Å². The van der Waals surface area contributed by atoms with E-state index >= 15 is 0 Å². The number of hydrogen-bond acceptors (Lipinski definition) is 3. The highest BCUT2D eigenvalue weighted by molar-refractivity contribution is 7.89. The summed E-state index contributed by atoms with van der Waals surface area (Å²) in [6.07, 6.45) is 0. The quantitative estimate of drug-likeness (QED) is 0.659. The van der Waals surface area contributed by atoms with Crippen LogP contribution in [0.1, 0.15) is 0 Å². The molecule has 1 heterocycles. The second-order valence-corrected chi connectivity index (χ2v) is 6.22. The fourth-order valence-electron chi connectivity index (χ4n) is 1.85. The summed E-state index contributed by atoms with van der Waals surface area (Å²) < 4.78 is 26.1. The average Bonchev–Trinajstić information content (AvgIpc) is 2.29. The zero-order valence-corrected chi connectivity index (χ0v) is 10.7. The lowest BCUT2D eigenvalue weighted by atomic mass is 9.97. The molecule has 2 rings (SSSR count). The van der Waals surface area contributed by atoms with Gasteiger partial charge in [-0.1, -0.05) is 17.6 Å². The maximum absolute atomic E-state index is 12.3. The first-order valence-electron chi connectivity index (χ1n) is 5.54. The lowest BCUT2D eigenvalue weighted by molar-refractivity contribution is 0.222. The van der Waals surface area contributed by atoms with Crippen molar-refractivity contribution in [2.45, 2.75) is 4.90 Å². The Bertz CT molecular complexity index is 496. The van der Waals surface area contributed by atoms with Crippen LogP contribution in [-0.4, -0.2) is 58.7 Å². The normalized spacial score (nSPS) is 19.4. The zero-order chi connectivity index (χ0) is 12.5. The van der Waals surface area contributed by atoms with Gasteiger partial charge in [-0.2, -0.15) is 4.31 Å². The Morgan fingerprint density at radius 1 is 1.18 bits per heavy atom. The molecule has 0 unspecified atom stereocenters. The van der Waals surface area contributed by atoms with Crippen molar-refractivity contribution < 1.29 is 8.42 Å². The number of likely N-dealkylation sites (N-methyl/N-ethyl adjacent to an activating group) is 1. The van der Waals surface area contributed by atoms with E-state index in [0.717, 1.165) is 13.1 Å². The summed E-state index contributed by atoms with van der Waals surface area (Å²) >= 11 is 0. The Morgan fingerprint density at radius 3 is 2.41 bits per heavy atom. The fourth-order valence-corrected chi connectivity index (χ4v) is 3.33. The molecule has 0 bridgehead atoms. The highest BCUT2D eigenvalue weighted by Gasteiger charge is 2.27. The molecule has 1 aromatic rings. The van der Waals surface area contributed by atoms with E-state index in [1.54, 1.807) is 18.2 Å². The van der Waals surface area contributed by atoms with Crippen LogP contribution in [0.2, 0.25) is 0 Å². The predicted molar refractivity (Wildman–Crippen MR) is 68.1 cm³/mol. The molecule has 1 aromatic carbocycles. The van der Waals surface area contributed by atoms with Gasteiger partial charge in [0.15, 0.2) is 0 Å². The molecular weight excluding hydrogens is 235 g/mol. The largest absolute Gasteiger partial charge is 0.304 e. The van der Waals surface area contributed by atoms with Crippen molar-refractivity contribution in [3.8, 4) is 0 Å². The second-order valence-electron chi connectivity index (χ2n) is 4.28. The van der Waals surface area contributed by atoms with Gasteiger partial charge in [0.2, 0.25) is 10.0 Å². The third kappa shape index (κ3) is 2.70. The van der Waals surface area contributed by atoms with E-state index in [-0.39, 0.29) is 4.90 Å². The van der Waals surface area contributed by atoms with Crippen molar-refractivity contribution in [3.05, 3.63) is 24.3 Å². The second kappa shape index (κ2) is 4.80. The third-order valence-corrected chi connectivity index (χ3v) is 4.85. The van der Waals surface area contributed by atoms with Crippen molar-refractivity contribution in [3.63, 3.8) is 0 Å². The van der Waals surface area contributed by atoms with Crippen LogP contribution in [0.25, 0.3) is 0 Å². The minimum Gasteiger partial charge on any atom is -0.304 e. The highest BCUT2D eigenvalue weighted by atomic mass is 32.2. The maximum Gasteiger partial charge on any atom is 0.243 e. The van der Waals surface area contributed by atoms with Gasteiger partial charge in [0.1, 0.15) is 7.85 Å². The van der Waals surface area contributed by atoms with Crippen molar-refractivity contribution >= 4 is 23.3 Å². The summed E-state index contributed by atoms with van der Waals surface area (Å²) in [5, 5.41) is 0. The monoisotopic (exact) mass is 250 g/mol. The van der Waals surface area contributed by atoms with Crippen molar-refractivity contribution in [2.24, 2.45) is 0 Å². The first-order chi connectivity index (χ1) is 8.00. The molecule has 90 valence electrons. The number of benzene rings is 1. The lowest BCUT2D eigenvalue weighted by Gasteiger charge is -2.31. The van der Waals surface area contributed by atoms with E-state index in [9.17, 15) is 8.42 Å². The fraction of sp³-hybridized carbons (Fsp3) is 0.455. The van der Waals surface area contributed by atoms with E-state index in [1.807, 2.05) is 7.05 Å². The molecular formula is C11H15BN2O2S. The topological polar surface area (TPSA) is 40.6 Å². The first kappa shape index (κ1) is 12.6. The highest BCUT2D eigenvalue weighted by Crippen LogP contribution is 2.15. The molecule has 0 saturated carbocycles. The van der Waals surface area contributed by atoms with Gasteiger partial charge in [0, 0.05) is 26.2 Å². The van der Waals surface area contributed by atoms with Crippen LogP contribution in [0.15, 0.2) is 29.2 Å². The molecule has 0 aliphatic carbocycles. The van der Waals surface area contributed by atoms with Crippen LogP contribution < -0.4 is 5.46 Å². The van der Waals surface area contributed by atoms with Gasteiger partial charge in [0.25, 0.3) is 0 Å². The molecule has 17 heavy (non-hydrogen) atoms. The SMILES string of the molecule is [B]c1cccc(S(=O)(=O)N2CCN(C)CC2)c1. The molecule has 1 fully saturated rings. The Morgan fingerprint density at radius 2 is 1.82 bits per heavy atom. The Kier molecular flexibility index (Phi) is 3.56. The van der Waals surface area contributed by atoms with E-state index in [1.165, 1.54) is 10.4 Å². The minimum absolute atomic E-state index is 0.280. The number of sulfonamides is 1. The van der Waals surface area contributed by atoms with Crippen LogP contribution in [-0.2, 0) is 10.0 Å². The molecule has 2 radical (unpaired) electrons. The molecule has 0 N–H and O–H groups in total. The number of piperazine rings is 1. The third-order valence-electron chi connectivity index (χ3n) is 2.96. The van der Waals surface area contributed by atoms with E-state index in [4.69, 9.17) is 7.85 Å². The molecule has 4 nitrogen and oxygen atoms in total.